The molecule has 2 rings (SSSR count). The zero-order valence-electron chi connectivity index (χ0n) is 9.70. The average Bonchev–Trinajstić information content (AvgIpc) is 2.39. The Bertz CT molecular complexity index is 554. The maximum absolute atomic E-state index is 10.9. The summed E-state index contributed by atoms with van der Waals surface area (Å²) in [6, 6.07) is 13.3. The van der Waals surface area contributed by atoms with Gasteiger partial charge in [0.1, 0.15) is 11.5 Å². The van der Waals surface area contributed by atoms with Crippen molar-refractivity contribution in [2.75, 3.05) is 7.11 Å². The summed E-state index contributed by atoms with van der Waals surface area (Å²) in [5, 5.41) is 10.9. The monoisotopic (exact) mass is 245 g/mol. The maximum Gasteiger partial charge on any atom is 0.311 e. The first kappa shape index (κ1) is 11.9. The number of hydrogen-bond donors (Lipinski definition) is 0. The van der Waals surface area contributed by atoms with Gasteiger partial charge >= 0.3 is 5.69 Å². The van der Waals surface area contributed by atoms with E-state index < -0.39 is 4.92 Å². The smallest absolute Gasteiger partial charge is 0.311 e. The van der Waals surface area contributed by atoms with Crippen LogP contribution in [-0.2, 0) is 0 Å². The minimum absolute atomic E-state index is 0.0975. The summed E-state index contributed by atoms with van der Waals surface area (Å²) in [6.07, 6.45) is 0. The van der Waals surface area contributed by atoms with Crippen LogP contribution in [0.2, 0.25) is 0 Å². The number of benzene rings is 2. The first-order chi connectivity index (χ1) is 8.70. The van der Waals surface area contributed by atoms with Crippen molar-refractivity contribution >= 4 is 5.69 Å². The lowest BCUT2D eigenvalue weighted by Gasteiger charge is -2.07. The molecule has 2 aromatic rings. The standard InChI is InChI=1S/C13H11NO4/c1-17-11-7-8-12(14(15)16)13(9-11)18-10-5-3-2-4-6-10/h2-9H,1H3. The number of hydrogen-bond acceptors (Lipinski definition) is 4. The lowest BCUT2D eigenvalue weighted by Crippen LogP contribution is -1.94. The van der Waals surface area contributed by atoms with Gasteiger partial charge in [-0.3, -0.25) is 10.1 Å². The predicted octanol–water partition coefficient (Wildman–Crippen LogP) is 3.40. The van der Waals surface area contributed by atoms with E-state index in [1.807, 2.05) is 6.07 Å². The van der Waals surface area contributed by atoms with Gasteiger partial charge < -0.3 is 9.47 Å². The molecule has 2 aromatic carbocycles. The Labute approximate surface area is 104 Å². The van der Waals surface area contributed by atoms with Gasteiger partial charge in [0.05, 0.1) is 12.0 Å². The first-order valence-corrected chi connectivity index (χ1v) is 5.26. The fourth-order valence-corrected chi connectivity index (χ4v) is 1.47. The number of methoxy groups -OCH3 is 1. The van der Waals surface area contributed by atoms with Crippen LogP contribution >= 0.6 is 0 Å². The molecule has 0 N–H and O–H groups in total. The van der Waals surface area contributed by atoms with Crippen molar-refractivity contribution in [3.8, 4) is 17.2 Å². The van der Waals surface area contributed by atoms with Crippen molar-refractivity contribution in [2.24, 2.45) is 0 Å². The molecular weight excluding hydrogens is 234 g/mol. The van der Waals surface area contributed by atoms with Crippen LogP contribution in [0.3, 0.4) is 0 Å². The summed E-state index contributed by atoms with van der Waals surface area (Å²) in [7, 11) is 1.49. The quantitative estimate of drug-likeness (QED) is 0.611. The van der Waals surface area contributed by atoms with Crippen LogP contribution in [0.5, 0.6) is 17.2 Å². The fraction of sp³-hybridized carbons (Fsp3) is 0.0769. The Balaban J connectivity index is 2.38. The molecule has 0 heterocycles. The second-order valence-corrected chi connectivity index (χ2v) is 3.51. The normalized spacial score (nSPS) is 9.83. The molecule has 92 valence electrons. The Kier molecular flexibility index (Phi) is 3.43. The lowest BCUT2D eigenvalue weighted by molar-refractivity contribution is -0.385. The molecule has 0 radical (unpaired) electrons. The Morgan fingerprint density at radius 1 is 1.06 bits per heavy atom. The predicted molar refractivity (Wildman–Crippen MR) is 66.2 cm³/mol. The largest absolute Gasteiger partial charge is 0.497 e. The summed E-state index contributed by atoms with van der Waals surface area (Å²) in [6.45, 7) is 0. The van der Waals surface area contributed by atoms with Gasteiger partial charge in [-0.1, -0.05) is 18.2 Å². The van der Waals surface area contributed by atoms with E-state index in [4.69, 9.17) is 9.47 Å². The molecular formula is C13H11NO4. The highest BCUT2D eigenvalue weighted by Gasteiger charge is 2.16. The molecule has 5 heteroatoms. The Morgan fingerprint density at radius 2 is 1.78 bits per heavy atom. The third-order valence-corrected chi connectivity index (χ3v) is 2.33. The highest BCUT2D eigenvalue weighted by atomic mass is 16.6. The highest BCUT2D eigenvalue weighted by Crippen LogP contribution is 2.34. The second-order valence-electron chi connectivity index (χ2n) is 3.51. The molecule has 0 aromatic heterocycles. The van der Waals surface area contributed by atoms with Crippen molar-refractivity contribution in [3.05, 3.63) is 58.6 Å². The van der Waals surface area contributed by atoms with Crippen LogP contribution in [-0.4, -0.2) is 12.0 Å². The third-order valence-electron chi connectivity index (χ3n) is 2.33. The van der Waals surface area contributed by atoms with Crippen LogP contribution in [0.1, 0.15) is 0 Å². The van der Waals surface area contributed by atoms with Gasteiger partial charge in [0.2, 0.25) is 5.75 Å². The zero-order valence-corrected chi connectivity index (χ0v) is 9.70. The molecule has 0 unspecified atom stereocenters. The summed E-state index contributed by atoms with van der Waals surface area (Å²) in [4.78, 5) is 10.4. The third kappa shape index (κ3) is 2.57. The SMILES string of the molecule is COc1ccc([N+](=O)[O-])c(Oc2ccccc2)c1. The van der Waals surface area contributed by atoms with Crippen molar-refractivity contribution in [2.45, 2.75) is 0 Å². The molecule has 0 spiro atoms. The molecule has 0 fully saturated rings. The van der Waals surface area contributed by atoms with E-state index in [1.54, 1.807) is 24.3 Å². The van der Waals surface area contributed by atoms with E-state index in [0.717, 1.165) is 0 Å². The van der Waals surface area contributed by atoms with Gasteiger partial charge in [0.25, 0.3) is 0 Å². The number of para-hydroxylation sites is 1. The molecule has 0 aliphatic heterocycles. The van der Waals surface area contributed by atoms with Gasteiger partial charge in [-0.2, -0.15) is 0 Å². The van der Waals surface area contributed by atoms with Crippen LogP contribution in [0.25, 0.3) is 0 Å². The van der Waals surface area contributed by atoms with Crippen LogP contribution < -0.4 is 9.47 Å². The summed E-state index contributed by atoms with van der Waals surface area (Å²) >= 11 is 0. The fourth-order valence-electron chi connectivity index (χ4n) is 1.47. The molecule has 0 aliphatic rings. The van der Waals surface area contributed by atoms with Crippen LogP contribution in [0.4, 0.5) is 5.69 Å². The van der Waals surface area contributed by atoms with E-state index in [2.05, 4.69) is 0 Å². The average molecular weight is 245 g/mol. The van der Waals surface area contributed by atoms with Crippen molar-refractivity contribution < 1.29 is 14.4 Å². The number of ether oxygens (including phenoxy) is 2. The zero-order chi connectivity index (χ0) is 13.0. The topological polar surface area (TPSA) is 61.6 Å². The summed E-state index contributed by atoms with van der Waals surface area (Å²) < 4.78 is 10.5. The minimum atomic E-state index is -0.488. The van der Waals surface area contributed by atoms with Crippen LogP contribution in [0.15, 0.2) is 48.5 Å². The maximum atomic E-state index is 10.9. The Morgan fingerprint density at radius 3 is 2.39 bits per heavy atom. The molecule has 0 amide bonds. The number of nitrogens with zero attached hydrogens (tertiary/aromatic N) is 1. The lowest BCUT2D eigenvalue weighted by atomic mass is 10.2. The summed E-state index contributed by atoms with van der Waals surface area (Å²) in [5.74, 6) is 1.20. The van der Waals surface area contributed by atoms with Gasteiger partial charge in [-0.15, -0.1) is 0 Å². The molecule has 0 atom stereocenters. The van der Waals surface area contributed by atoms with E-state index in [-0.39, 0.29) is 11.4 Å². The number of rotatable bonds is 4. The van der Waals surface area contributed by atoms with E-state index >= 15 is 0 Å². The minimum Gasteiger partial charge on any atom is -0.497 e. The van der Waals surface area contributed by atoms with Gasteiger partial charge in [-0.25, -0.2) is 0 Å². The summed E-state index contributed by atoms with van der Waals surface area (Å²) in [5.41, 5.74) is -0.0975. The molecule has 0 bridgehead atoms. The van der Waals surface area contributed by atoms with E-state index in [9.17, 15) is 10.1 Å². The van der Waals surface area contributed by atoms with Gasteiger partial charge in [0.15, 0.2) is 0 Å². The van der Waals surface area contributed by atoms with E-state index in [1.165, 1.54) is 25.3 Å². The highest BCUT2D eigenvalue weighted by molar-refractivity contribution is 5.52. The number of nitro benzene ring substituents is 1. The van der Waals surface area contributed by atoms with Crippen LogP contribution in [0, 0.1) is 10.1 Å². The molecule has 0 aliphatic carbocycles. The molecule has 18 heavy (non-hydrogen) atoms. The molecule has 5 nitrogen and oxygen atoms in total. The Hall–Kier alpha value is -2.56. The van der Waals surface area contributed by atoms with Gasteiger partial charge in [0, 0.05) is 12.1 Å². The second kappa shape index (κ2) is 5.18. The number of nitro groups is 1. The molecule has 0 saturated carbocycles. The van der Waals surface area contributed by atoms with Gasteiger partial charge in [-0.05, 0) is 18.2 Å². The van der Waals surface area contributed by atoms with Crippen molar-refractivity contribution in [3.63, 3.8) is 0 Å². The molecule has 0 saturated heterocycles. The first-order valence-electron chi connectivity index (χ1n) is 5.26. The van der Waals surface area contributed by atoms with Crippen molar-refractivity contribution in [1.82, 2.24) is 0 Å². The van der Waals surface area contributed by atoms with E-state index in [0.29, 0.717) is 11.5 Å². The van der Waals surface area contributed by atoms with Crippen molar-refractivity contribution in [1.29, 1.82) is 0 Å².